The van der Waals surface area contributed by atoms with Gasteiger partial charge in [0.1, 0.15) is 18.4 Å². The number of carbonyl (C=O) groups excluding carboxylic acids is 4. The van der Waals surface area contributed by atoms with Gasteiger partial charge in [-0.15, -0.1) is 0 Å². The number of Topliss-reactive ketones (excluding diaryl/α,β-unsaturated/α-hetero) is 1. The van der Waals surface area contributed by atoms with E-state index in [-0.39, 0.29) is 31.1 Å². The largest absolute Gasteiger partial charge is 0.467 e. The first kappa shape index (κ1) is 25.1. The van der Waals surface area contributed by atoms with Gasteiger partial charge in [0.05, 0.1) is 19.4 Å². The summed E-state index contributed by atoms with van der Waals surface area (Å²) in [5, 5.41) is 2.74. The Morgan fingerprint density at radius 2 is 1.65 bits per heavy atom. The van der Waals surface area contributed by atoms with E-state index in [9.17, 15) is 19.2 Å². The van der Waals surface area contributed by atoms with Crippen molar-refractivity contribution in [2.24, 2.45) is 11.8 Å². The summed E-state index contributed by atoms with van der Waals surface area (Å²) >= 11 is 0. The summed E-state index contributed by atoms with van der Waals surface area (Å²) in [6.45, 7) is 0.119. The summed E-state index contributed by atoms with van der Waals surface area (Å²) in [5.41, 5.74) is 1.74. The molecule has 0 aliphatic heterocycles. The highest BCUT2D eigenvalue weighted by atomic mass is 16.5. The zero-order valence-electron chi connectivity index (χ0n) is 19.4. The third-order valence-electron chi connectivity index (χ3n) is 6.10. The Hall–Kier alpha value is -3.48. The summed E-state index contributed by atoms with van der Waals surface area (Å²) in [7, 11) is 1.25. The minimum Gasteiger partial charge on any atom is -0.467 e. The standard InChI is InChI=1S/C27H31NO6/c1-33-27(32)23(16-21-13-8-14-24(21)29)28-26(31)22(15-19-9-4-2-5-10-19)17-25(30)34-18-20-11-6-3-7-12-20/h2-7,9-12,21-23H,8,13-18H2,1H3,(H,28,31)/t21-,22+,23-/m0/s1. The second-order valence-electron chi connectivity index (χ2n) is 8.61. The van der Waals surface area contributed by atoms with E-state index in [1.807, 2.05) is 60.7 Å². The smallest absolute Gasteiger partial charge is 0.328 e. The summed E-state index contributed by atoms with van der Waals surface area (Å²) in [4.78, 5) is 50.3. The van der Waals surface area contributed by atoms with Gasteiger partial charge in [-0.2, -0.15) is 0 Å². The maximum Gasteiger partial charge on any atom is 0.328 e. The molecule has 0 heterocycles. The fourth-order valence-electron chi connectivity index (χ4n) is 4.22. The van der Waals surface area contributed by atoms with Crippen molar-refractivity contribution in [3.8, 4) is 0 Å². The predicted octanol–water partition coefficient (Wildman–Crippen LogP) is 3.40. The van der Waals surface area contributed by atoms with Gasteiger partial charge >= 0.3 is 11.9 Å². The molecule has 0 radical (unpaired) electrons. The second-order valence-corrected chi connectivity index (χ2v) is 8.61. The van der Waals surface area contributed by atoms with E-state index in [4.69, 9.17) is 9.47 Å². The summed E-state index contributed by atoms with van der Waals surface area (Å²) in [6, 6.07) is 17.7. The highest BCUT2D eigenvalue weighted by molar-refractivity contribution is 5.89. The van der Waals surface area contributed by atoms with Crippen molar-refractivity contribution in [2.75, 3.05) is 7.11 Å². The molecule has 7 heteroatoms. The second kappa shape index (κ2) is 12.7. The van der Waals surface area contributed by atoms with Crippen LogP contribution in [-0.4, -0.2) is 36.8 Å². The zero-order valence-corrected chi connectivity index (χ0v) is 19.4. The summed E-state index contributed by atoms with van der Waals surface area (Å²) < 4.78 is 10.3. The number of hydrogen-bond donors (Lipinski definition) is 1. The van der Waals surface area contributed by atoms with Crippen molar-refractivity contribution < 1.29 is 28.7 Å². The van der Waals surface area contributed by atoms with Gasteiger partial charge in [0.2, 0.25) is 5.91 Å². The first-order chi connectivity index (χ1) is 16.5. The zero-order chi connectivity index (χ0) is 24.3. The van der Waals surface area contributed by atoms with E-state index < -0.39 is 29.8 Å². The van der Waals surface area contributed by atoms with Crippen LogP contribution >= 0.6 is 0 Å². The number of rotatable bonds is 11. The molecule has 0 saturated heterocycles. The van der Waals surface area contributed by atoms with Crippen LogP contribution in [0.5, 0.6) is 0 Å². The Bertz CT molecular complexity index is 975. The Kier molecular flexibility index (Phi) is 9.38. The number of amides is 1. The number of methoxy groups -OCH3 is 1. The van der Waals surface area contributed by atoms with Gasteiger partial charge in [0.25, 0.3) is 0 Å². The molecular formula is C27H31NO6. The third-order valence-corrected chi connectivity index (χ3v) is 6.10. The Morgan fingerprint density at radius 3 is 2.24 bits per heavy atom. The molecule has 1 saturated carbocycles. The van der Waals surface area contributed by atoms with E-state index in [1.165, 1.54) is 7.11 Å². The van der Waals surface area contributed by atoms with Gasteiger partial charge in [0.15, 0.2) is 0 Å². The highest BCUT2D eigenvalue weighted by Gasteiger charge is 2.33. The molecule has 3 rings (SSSR count). The third kappa shape index (κ3) is 7.54. The van der Waals surface area contributed by atoms with Crippen LogP contribution in [0.3, 0.4) is 0 Å². The number of ether oxygens (including phenoxy) is 2. The van der Waals surface area contributed by atoms with Gasteiger partial charge in [0, 0.05) is 12.3 Å². The monoisotopic (exact) mass is 465 g/mol. The van der Waals surface area contributed by atoms with Crippen molar-refractivity contribution in [2.45, 2.75) is 51.2 Å². The van der Waals surface area contributed by atoms with E-state index in [0.717, 1.165) is 17.5 Å². The molecule has 1 fully saturated rings. The van der Waals surface area contributed by atoms with Gasteiger partial charge in [-0.05, 0) is 36.8 Å². The molecular weight excluding hydrogens is 434 g/mol. The fourth-order valence-corrected chi connectivity index (χ4v) is 4.22. The molecule has 7 nitrogen and oxygen atoms in total. The average molecular weight is 466 g/mol. The molecule has 3 atom stereocenters. The molecule has 1 N–H and O–H groups in total. The van der Waals surface area contributed by atoms with Crippen molar-refractivity contribution >= 4 is 23.6 Å². The molecule has 0 spiro atoms. The fraction of sp³-hybridized carbons (Fsp3) is 0.407. The van der Waals surface area contributed by atoms with Crippen LogP contribution in [0.4, 0.5) is 0 Å². The molecule has 1 aliphatic rings. The normalized spacial score (nSPS) is 17.0. The molecule has 1 amide bonds. The average Bonchev–Trinajstić information content (AvgIpc) is 3.26. The summed E-state index contributed by atoms with van der Waals surface area (Å²) in [6.07, 6.45) is 2.36. The maximum atomic E-state index is 13.2. The number of hydrogen-bond acceptors (Lipinski definition) is 6. The van der Waals surface area contributed by atoms with Crippen LogP contribution in [0.1, 0.15) is 43.2 Å². The number of nitrogens with one attached hydrogen (secondary N) is 1. The molecule has 34 heavy (non-hydrogen) atoms. The van der Waals surface area contributed by atoms with Crippen LogP contribution in [0, 0.1) is 11.8 Å². The molecule has 0 aromatic heterocycles. The van der Waals surface area contributed by atoms with Crippen molar-refractivity contribution in [1.82, 2.24) is 5.32 Å². The Labute approximate surface area is 199 Å². The molecule has 0 unspecified atom stereocenters. The predicted molar refractivity (Wildman–Crippen MR) is 125 cm³/mol. The topological polar surface area (TPSA) is 98.8 Å². The molecule has 0 bridgehead atoms. The van der Waals surface area contributed by atoms with Gasteiger partial charge < -0.3 is 14.8 Å². The van der Waals surface area contributed by atoms with Crippen LogP contribution in [0.15, 0.2) is 60.7 Å². The van der Waals surface area contributed by atoms with E-state index in [2.05, 4.69) is 5.32 Å². The highest BCUT2D eigenvalue weighted by Crippen LogP contribution is 2.26. The molecule has 180 valence electrons. The van der Waals surface area contributed by atoms with E-state index in [0.29, 0.717) is 19.3 Å². The molecule has 2 aromatic carbocycles. The van der Waals surface area contributed by atoms with Crippen molar-refractivity contribution in [3.05, 3.63) is 71.8 Å². The lowest BCUT2D eigenvalue weighted by molar-refractivity contribution is -0.149. The Balaban J connectivity index is 1.68. The minimum atomic E-state index is -0.942. The van der Waals surface area contributed by atoms with Crippen LogP contribution in [0.25, 0.3) is 0 Å². The first-order valence-electron chi connectivity index (χ1n) is 11.6. The lowest BCUT2D eigenvalue weighted by Crippen LogP contribution is -2.46. The van der Waals surface area contributed by atoms with Gasteiger partial charge in [-0.25, -0.2) is 4.79 Å². The quantitative estimate of drug-likeness (QED) is 0.511. The van der Waals surface area contributed by atoms with Crippen LogP contribution in [-0.2, 0) is 41.7 Å². The van der Waals surface area contributed by atoms with Crippen LogP contribution in [0.2, 0.25) is 0 Å². The molecule has 2 aromatic rings. The lowest BCUT2D eigenvalue weighted by atomic mass is 9.93. The van der Waals surface area contributed by atoms with E-state index in [1.54, 1.807) is 0 Å². The number of esters is 2. The number of ketones is 1. The minimum absolute atomic E-state index is 0.105. The van der Waals surface area contributed by atoms with Crippen LogP contribution < -0.4 is 5.32 Å². The maximum absolute atomic E-state index is 13.2. The van der Waals surface area contributed by atoms with Crippen molar-refractivity contribution in [3.63, 3.8) is 0 Å². The van der Waals surface area contributed by atoms with E-state index >= 15 is 0 Å². The first-order valence-corrected chi connectivity index (χ1v) is 11.6. The molecule has 1 aliphatic carbocycles. The van der Waals surface area contributed by atoms with Crippen molar-refractivity contribution in [1.29, 1.82) is 0 Å². The number of benzene rings is 2. The Morgan fingerprint density at radius 1 is 1.00 bits per heavy atom. The SMILES string of the molecule is COC(=O)[C@H](C[C@@H]1CCCC1=O)NC(=O)[C@@H](CC(=O)OCc1ccccc1)Cc1ccccc1. The van der Waals surface area contributed by atoms with Gasteiger partial charge in [-0.1, -0.05) is 60.7 Å². The number of carbonyl (C=O) groups is 4. The lowest BCUT2D eigenvalue weighted by Gasteiger charge is -2.23. The summed E-state index contributed by atoms with van der Waals surface area (Å²) in [5.74, 6) is -2.45. The van der Waals surface area contributed by atoms with Gasteiger partial charge in [-0.3, -0.25) is 14.4 Å².